The molecule has 35 heavy (non-hydrogen) atoms. The van der Waals surface area contributed by atoms with Crippen molar-refractivity contribution in [1.82, 2.24) is 14.9 Å². The first-order valence-electron chi connectivity index (χ1n) is 11.8. The number of halogens is 1. The van der Waals surface area contributed by atoms with Gasteiger partial charge in [0.25, 0.3) is 0 Å². The lowest BCUT2D eigenvalue weighted by molar-refractivity contribution is 0.565. The van der Waals surface area contributed by atoms with Crippen molar-refractivity contribution in [3.05, 3.63) is 111 Å². The molecule has 0 saturated carbocycles. The molecule has 0 spiro atoms. The Morgan fingerprint density at radius 2 is 1.66 bits per heavy atom. The lowest BCUT2D eigenvalue weighted by Gasteiger charge is -2.28. The molecule has 1 fully saturated rings. The highest BCUT2D eigenvalue weighted by Crippen LogP contribution is 2.44. The van der Waals surface area contributed by atoms with Crippen molar-refractivity contribution >= 4 is 34.6 Å². The van der Waals surface area contributed by atoms with Gasteiger partial charge in [-0.15, -0.1) is 0 Å². The smallest absolute Gasteiger partial charge is 0.174 e. The van der Waals surface area contributed by atoms with Gasteiger partial charge in [-0.25, -0.2) is 0 Å². The van der Waals surface area contributed by atoms with E-state index in [9.17, 15) is 0 Å². The Balaban J connectivity index is 1.71. The van der Waals surface area contributed by atoms with E-state index in [0.717, 1.165) is 27.8 Å². The van der Waals surface area contributed by atoms with Crippen LogP contribution in [-0.2, 0) is 0 Å². The number of pyridine rings is 1. The van der Waals surface area contributed by atoms with E-state index in [2.05, 4.69) is 85.8 Å². The number of hydrogen-bond acceptors (Lipinski definition) is 2. The predicted molar refractivity (Wildman–Crippen MR) is 149 cm³/mol. The zero-order chi connectivity index (χ0) is 24.9. The van der Waals surface area contributed by atoms with Crippen molar-refractivity contribution < 1.29 is 0 Å². The number of hydrogen-bond donors (Lipinski definition) is 1. The lowest BCUT2D eigenvalue weighted by Crippen LogP contribution is -2.29. The van der Waals surface area contributed by atoms with Crippen LogP contribution in [-0.4, -0.2) is 14.7 Å². The maximum atomic E-state index is 6.40. The Morgan fingerprint density at radius 3 is 2.37 bits per heavy atom. The third kappa shape index (κ3) is 4.13. The van der Waals surface area contributed by atoms with E-state index in [1.807, 2.05) is 30.5 Å². The molecule has 1 saturated heterocycles. The number of aromatic nitrogens is 2. The van der Waals surface area contributed by atoms with Gasteiger partial charge < -0.3 is 14.8 Å². The summed E-state index contributed by atoms with van der Waals surface area (Å²) in [5.41, 5.74) is 10.4. The monoisotopic (exact) mass is 500 g/mol. The van der Waals surface area contributed by atoms with Crippen molar-refractivity contribution in [2.24, 2.45) is 0 Å². The molecule has 0 aliphatic carbocycles. The third-order valence-corrected chi connectivity index (χ3v) is 7.62. The van der Waals surface area contributed by atoms with Gasteiger partial charge in [-0.1, -0.05) is 29.8 Å². The van der Waals surface area contributed by atoms with Crippen molar-refractivity contribution in [3.8, 4) is 5.69 Å². The summed E-state index contributed by atoms with van der Waals surface area (Å²) in [6.45, 7) is 10.7. The number of thiocarbonyl (C=S) groups is 1. The van der Waals surface area contributed by atoms with E-state index in [-0.39, 0.29) is 12.1 Å². The van der Waals surface area contributed by atoms with Gasteiger partial charge in [0.1, 0.15) is 0 Å². The van der Waals surface area contributed by atoms with Crippen LogP contribution < -0.4 is 10.2 Å². The largest absolute Gasteiger partial charge is 0.351 e. The van der Waals surface area contributed by atoms with Crippen LogP contribution in [0.4, 0.5) is 5.69 Å². The van der Waals surface area contributed by atoms with E-state index >= 15 is 0 Å². The fourth-order valence-electron chi connectivity index (χ4n) is 5.11. The van der Waals surface area contributed by atoms with Crippen LogP contribution in [0.3, 0.4) is 0 Å². The summed E-state index contributed by atoms with van der Waals surface area (Å²) in [6, 6.07) is 20.8. The second kappa shape index (κ2) is 9.14. The average Bonchev–Trinajstić information content (AvgIpc) is 3.33. The normalized spacial score (nSPS) is 17.7. The zero-order valence-electron chi connectivity index (χ0n) is 20.6. The number of anilines is 1. The van der Waals surface area contributed by atoms with Gasteiger partial charge in [0.15, 0.2) is 5.11 Å². The summed E-state index contributed by atoms with van der Waals surface area (Å²) in [7, 11) is 0. The first kappa shape index (κ1) is 23.6. The number of rotatable bonds is 4. The Kier molecular flexibility index (Phi) is 6.16. The first-order chi connectivity index (χ1) is 16.8. The van der Waals surface area contributed by atoms with Crippen molar-refractivity contribution in [1.29, 1.82) is 0 Å². The summed E-state index contributed by atoms with van der Waals surface area (Å²) >= 11 is 12.3. The van der Waals surface area contributed by atoms with E-state index in [1.165, 1.54) is 27.9 Å². The van der Waals surface area contributed by atoms with Gasteiger partial charge in [-0.3, -0.25) is 4.98 Å². The molecule has 1 N–H and O–H groups in total. The summed E-state index contributed by atoms with van der Waals surface area (Å²) in [6.07, 6.45) is 1.84. The molecule has 4 aromatic rings. The van der Waals surface area contributed by atoms with Crippen molar-refractivity contribution in [2.45, 2.75) is 46.7 Å². The minimum absolute atomic E-state index is 0.0565. The molecule has 0 radical (unpaired) electrons. The van der Waals surface area contributed by atoms with Crippen molar-refractivity contribution in [3.63, 3.8) is 0 Å². The molecular formula is C29H29ClN4S. The standard InChI is InChI=1S/C29H29ClN4S/c1-17-10-12-23(14-19(17)3)34-28(27(32-29(34)35)25-8-6-7-13-31-25)24-15-20(4)33(21(24)5)26-16-22(30)11-9-18(26)2/h6-16,27-28H,1-5H3,(H,32,35)/t27-,28-/m1/s1. The maximum Gasteiger partial charge on any atom is 0.174 e. The molecule has 5 rings (SSSR count). The molecule has 178 valence electrons. The Bertz CT molecular complexity index is 1430. The summed E-state index contributed by atoms with van der Waals surface area (Å²) < 4.78 is 2.30. The van der Waals surface area contributed by atoms with E-state index in [1.54, 1.807) is 0 Å². The SMILES string of the molecule is Cc1ccc(N2C(=S)N[C@H](c3ccccn3)[C@H]2c2cc(C)n(-c3cc(Cl)ccc3C)c2C)cc1C. The van der Waals surface area contributed by atoms with Crippen LogP contribution in [0.1, 0.15) is 51.4 Å². The summed E-state index contributed by atoms with van der Waals surface area (Å²) in [5.74, 6) is 0. The second-order valence-electron chi connectivity index (χ2n) is 9.36. The Morgan fingerprint density at radius 1 is 0.886 bits per heavy atom. The van der Waals surface area contributed by atoms with Gasteiger partial charge in [0, 0.05) is 34.0 Å². The minimum atomic E-state index is -0.0836. The molecule has 2 aromatic carbocycles. The van der Waals surface area contributed by atoms with Gasteiger partial charge in [-0.05, 0) is 112 Å². The fourth-order valence-corrected chi connectivity index (χ4v) is 5.62. The zero-order valence-corrected chi connectivity index (χ0v) is 22.2. The molecule has 4 nitrogen and oxygen atoms in total. The predicted octanol–water partition coefficient (Wildman–Crippen LogP) is 7.24. The van der Waals surface area contributed by atoms with Crippen LogP contribution in [0, 0.1) is 34.6 Å². The maximum absolute atomic E-state index is 6.40. The number of aryl methyl sites for hydroxylation is 4. The third-order valence-electron chi connectivity index (χ3n) is 7.07. The molecule has 3 heterocycles. The molecule has 1 aliphatic rings. The van der Waals surface area contributed by atoms with E-state index in [0.29, 0.717) is 5.11 Å². The van der Waals surface area contributed by atoms with Crippen LogP contribution in [0.15, 0.2) is 66.9 Å². The van der Waals surface area contributed by atoms with Crippen LogP contribution in [0.25, 0.3) is 5.69 Å². The quantitative estimate of drug-likeness (QED) is 0.299. The topological polar surface area (TPSA) is 33.1 Å². The number of benzene rings is 2. The molecule has 0 amide bonds. The van der Waals surface area contributed by atoms with Crippen LogP contribution in [0.2, 0.25) is 5.02 Å². The minimum Gasteiger partial charge on any atom is -0.351 e. The van der Waals surface area contributed by atoms with Crippen LogP contribution in [0.5, 0.6) is 0 Å². The van der Waals surface area contributed by atoms with Gasteiger partial charge >= 0.3 is 0 Å². The summed E-state index contributed by atoms with van der Waals surface area (Å²) in [5, 5.41) is 5.02. The molecule has 2 atom stereocenters. The van der Waals surface area contributed by atoms with E-state index in [4.69, 9.17) is 28.8 Å². The molecule has 6 heteroatoms. The first-order valence-corrected chi connectivity index (χ1v) is 12.6. The molecule has 0 unspecified atom stereocenters. The van der Waals surface area contributed by atoms with Gasteiger partial charge in [-0.2, -0.15) is 0 Å². The fraction of sp³-hybridized carbons (Fsp3) is 0.241. The highest BCUT2D eigenvalue weighted by molar-refractivity contribution is 7.80. The van der Waals surface area contributed by atoms with Gasteiger partial charge in [0.05, 0.1) is 17.8 Å². The van der Waals surface area contributed by atoms with E-state index < -0.39 is 0 Å². The lowest BCUT2D eigenvalue weighted by atomic mass is 9.96. The highest BCUT2D eigenvalue weighted by atomic mass is 35.5. The van der Waals surface area contributed by atoms with Gasteiger partial charge in [0.2, 0.25) is 0 Å². The number of nitrogens with zero attached hydrogens (tertiary/aromatic N) is 3. The Labute approximate surface area is 217 Å². The molecule has 1 aliphatic heterocycles. The molecule has 0 bridgehead atoms. The number of nitrogens with one attached hydrogen (secondary N) is 1. The summed E-state index contributed by atoms with van der Waals surface area (Å²) in [4.78, 5) is 6.95. The highest BCUT2D eigenvalue weighted by Gasteiger charge is 2.42. The van der Waals surface area contributed by atoms with Crippen molar-refractivity contribution in [2.75, 3.05) is 4.90 Å². The Hall–Kier alpha value is -3.15. The molecule has 2 aromatic heterocycles. The second-order valence-corrected chi connectivity index (χ2v) is 10.2. The molecular weight excluding hydrogens is 472 g/mol. The average molecular weight is 501 g/mol. The van der Waals surface area contributed by atoms with Crippen LogP contribution >= 0.6 is 23.8 Å².